The first-order valence-corrected chi connectivity index (χ1v) is 8.50. The normalized spacial score (nSPS) is 12.3. The van der Waals surface area contributed by atoms with Gasteiger partial charge in [-0.05, 0) is 37.5 Å². The van der Waals surface area contributed by atoms with E-state index in [2.05, 4.69) is 0 Å². The minimum atomic E-state index is -1.07. The first-order chi connectivity index (χ1) is 12.2. The Labute approximate surface area is 154 Å². The molecule has 0 aliphatic rings. The van der Waals surface area contributed by atoms with Crippen molar-refractivity contribution >= 4 is 12.1 Å². The second-order valence-corrected chi connectivity index (χ2v) is 7.22. The summed E-state index contributed by atoms with van der Waals surface area (Å²) in [4.78, 5) is 25.1. The lowest BCUT2D eigenvalue weighted by Crippen LogP contribution is -2.46. The van der Waals surface area contributed by atoms with E-state index in [1.54, 1.807) is 20.8 Å². The Morgan fingerprint density at radius 2 is 1.65 bits per heavy atom. The molecule has 0 aliphatic carbocycles. The number of carboxylic acids is 1. The minimum absolute atomic E-state index is 0.200. The molecular formula is C21H25NO4. The van der Waals surface area contributed by atoms with Crippen LogP contribution < -0.4 is 0 Å². The highest BCUT2D eigenvalue weighted by Gasteiger charge is 2.30. The molecule has 0 fully saturated rings. The molecule has 26 heavy (non-hydrogen) atoms. The summed E-state index contributed by atoms with van der Waals surface area (Å²) in [5.41, 5.74) is 2.23. The predicted molar refractivity (Wildman–Crippen MR) is 101 cm³/mol. The smallest absolute Gasteiger partial charge is 0.410 e. The zero-order valence-electron chi connectivity index (χ0n) is 15.6. The predicted octanol–water partition coefficient (Wildman–Crippen LogP) is 4.22. The number of likely N-dealkylation sites (N-methyl/N-ethyl adjacent to an activating group) is 1. The van der Waals surface area contributed by atoms with Crippen molar-refractivity contribution in [1.29, 1.82) is 0 Å². The van der Waals surface area contributed by atoms with Crippen molar-refractivity contribution in [3.05, 3.63) is 60.2 Å². The Morgan fingerprint density at radius 1 is 1.04 bits per heavy atom. The first-order valence-electron chi connectivity index (χ1n) is 8.50. The summed E-state index contributed by atoms with van der Waals surface area (Å²) in [5.74, 6) is -1.07. The van der Waals surface area contributed by atoms with Crippen LogP contribution >= 0.6 is 0 Å². The van der Waals surface area contributed by atoms with Crippen LogP contribution in [0.5, 0.6) is 0 Å². The molecule has 2 rings (SSSR count). The van der Waals surface area contributed by atoms with Crippen LogP contribution in [0, 0.1) is 0 Å². The molecule has 138 valence electrons. The number of nitrogens with zero attached hydrogens (tertiary/aromatic N) is 1. The van der Waals surface area contributed by atoms with E-state index < -0.39 is 23.7 Å². The van der Waals surface area contributed by atoms with Crippen molar-refractivity contribution < 1.29 is 19.4 Å². The quantitative estimate of drug-likeness (QED) is 0.872. The van der Waals surface area contributed by atoms with Crippen LogP contribution in [0.15, 0.2) is 54.6 Å². The molecule has 0 saturated carbocycles. The number of carbonyl (C=O) groups is 2. The maximum atomic E-state index is 12.2. The van der Waals surface area contributed by atoms with Crippen LogP contribution in [-0.2, 0) is 16.0 Å². The van der Waals surface area contributed by atoms with Crippen LogP contribution in [0.4, 0.5) is 4.79 Å². The van der Waals surface area contributed by atoms with Gasteiger partial charge in [-0.15, -0.1) is 0 Å². The lowest BCUT2D eigenvalue weighted by Gasteiger charge is -2.28. The molecule has 2 aromatic rings. The second-order valence-electron chi connectivity index (χ2n) is 7.22. The molecule has 1 N–H and O–H groups in total. The van der Waals surface area contributed by atoms with Crippen LogP contribution in [0.25, 0.3) is 11.1 Å². The zero-order valence-corrected chi connectivity index (χ0v) is 15.6. The van der Waals surface area contributed by atoms with E-state index in [9.17, 15) is 14.7 Å². The molecule has 1 amide bonds. The fourth-order valence-electron chi connectivity index (χ4n) is 2.58. The molecule has 0 saturated heterocycles. The Kier molecular flexibility index (Phi) is 6.03. The average Bonchev–Trinajstić information content (AvgIpc) is 2.58. The van der Waals surface area contributed by atoms with Gasteiger partial charge in [-0.25, -0.2) is 9.59 Å². The van der Waals surface area contributed by atoms with Crippen molar-refractivity contribution in [2.75, 3.05) is 7.05 Å². The number of hydrogen-bond donors (Lipinski definition) is 1. The summed E-state index contributed by atoms with van der Waals surface area (Å²) in [6, 6.07) is 16.5. The van der Waals surface area contributed by atoms with Crippen molar-refractivity contribution in [3.63, 3.8) is 0 Å². The fraction of sp³-hybridized carbons (Fsp3) is 0.333. The molecule has 0 aromatic heterocycles. The lowest BCUT2D eigenvalue weighted by atomic mass is 9.99. The van der Waals surface area contributed by atoms with Gasteiger partial charge in [0.15, 0.2) is 0 Å². The SMILES string of the molecule is CN(C(=O)OC(C)(C)C)[C@@H](Cc1cccc(-c2ccccc2)c1)C(=O)O. The number of hydrogen-bond acceptors (Lipinski definition) is 3. The number of carbonyl (C=O) groups excluding carboxylic acids is 1. The summed E-state index contributed by atoms with van der Waals surface area (Å²) in [6.45, 7) is 5.24. The van der Waals surface area contributed by atoms with E-state index in [0.29, 0.717) is 0 Å². The summed E-state index contributed by atoms with van der Waals surface area (Å²) < 4.78 is 5.29. The van der Waals surface area contributed by atoms with Crippen molar-refractivity contribution in [2.24, 2.45) is 0 Å². The monoisotopic (exact) mass is 355 g/mol. The van der Waals surface area contributed by atoms with Crippen LogP contribution in [0.2, 0.25) is 0 Å². The highest BCUT2D eigenvalue weighted by Crippen LogP contribution is 2.21. The van der Waals surface area contributed by atoms with Crippen molar-refractivity contribution in [1.82, 2.24) is 4.90 Å². The Bertz CT molecular complexity index is 765. The van der Waals surface area contributed by atoms with Gasteiger partial charge < -0.3 is 9.84 Å². The fourth-order valence-corrected chi connectivity index (χ4v) is 2.58. The molecule has 0 aliphatic heterocycles. The maximum Gasteiger partial charge on any atom is 0.410 e. The van der Waals surface area contributed by atoms with E-state index in [0.717, 1.165) is 21.6 Å². The number of amides is 1. The molecule has 0 radical (unpaired) electrons. The van der Waals surface area contributed by atoms with Crippen LogP contribution in [0.3, 0.4) is 0 Å². The lowest BCUT2D eigenvalue weighted by molar-refractivity contribution is -0.142. The van der Waals surface area contributed by atoms with Crippen molar-refractivity contribution in [3.8, 4) is 11.1 Å². The number of ether oxygens (including phenoxy) is 1. The van der Waals surface area contributed by atoms with Crippen LogP contribution in [-0.4, -0.2) is 40.8 Å². The molecule has 1 atom stereocenters. The van der Waals surface area contributed by atoms with Gasteiger partial charge in [-0.1, -0.05) is 54.6 Å². The van der Waals surface area contributed by atoms with E-state index in [1.807, 2.05) is 54.6 Å². The van der Waals surface area contributed by atoms with E-state index in [4.69, 9.17) is 4.74 Å². The highest BCUT2D eigenvalue weighted by atomic mass is 16.6. The molecule has 2 aromatic carbocycles. The number of benzene rings is 2. The van der Waals surface area contributed by atoms with Gasteiger partial charge >= 0.3 is 12.1 Å². The molecule has 0 unspecified atom stereocenters. The largest absolute Gasteiger partial charge is 0.480 e. The third-order valence-electron chi connectivity index (χ3n) is 3.90. The Hall–Kier alpha value is -2.82. The van der Waals surface area contributed by atoms with Crippen LogP contribution in [0.1, 0.15) is 26.3 Å². The molecule has 0 bridgehead atoms. The Balaban J connectivity index is 2.20. The van der Waals surface area contributed by atoms with Gasteiger partial charge in [-0.2, -0.15) is 0 Å². The topological polar surface area (TPSA) is 66.8 Å². The van der Waals surface area contributed by atoms with Gasteiger partial charge in [0.05, 0.1) is 0 Å². The van der Waals surface area contributed by atoms with Gasteiger partial charge in [0.2, 0.25) is 0 Å². The number of aliphatic carboxylic acids is 1. The first kappa shape index (κ1) is 19.5. The zero-order chi connectivity index (χ0) is 19.3. The molecule has 0 spiro atoms. The summed E-state index contributed by atoms with van der Waals surface area (Å²) in [7, 11) is 1.45. The van der Waals surface area contributed by atoms with Gasteiger partial charge in [0.25, 0.3) is 0 Å². The maximum absolute atomic E-state index is 12.2. The number of carboxylic acid groups (broad SMARTS) is 1. The van der Waals surface area contributed by atoms with E-state index in [-0.39, 0.29) is 6.42 Å². The minimum Gasteiger partial charge on any atom is -0.480 e. The number of rotatable bonds is 5. The standard InChI is InChI=1S/C21H25NO4/c1-21(2,3)26-20(25)22(4)18(19(23)24)14-15-9-8-12-17(13-15)16-10-6-5-7-11-16/h5-13,18H,14H2,1-4H3,(H,23,24)/t18-/m0/s1. The van der Waals surface area contributed by atoms with Gasteiger partial charge in [0.1, 0.15) is 11.6 Å². The summed E-state index contributed by atoms with van der Waals surface area (Å²) >= 11 is 0. The second kappa shape index (κ2) is 8.04. The van der Waals surface area contributed by atoms with Gasteiger partial charge in [-0.3, -0.25) is 4.90 Å². The Morgan fingerprint density at radius 3 is 2.23 bits per heavy atom. The van der Waals surface area contributed by atoms with Crippen molar-refractivity contribution in [2.45, 2.75) is 38.8 Å². The molecule has 5 nitrogen and oxygen atoms in total. The summed E-state index contributed by atoms with van der Waals surface area (Å²) in [5, 5.41) is 9.59. The third kappa shape index (κ3) is 5.34. The summed E-state index contributed by atoms with van der Waals surface area (Å²) in [6.07, 6.45) is -0.449. The van der Waals surface area contributed by atoms with E-state index in [1.165, 1.54) is 7.05 Å². The molecular weight excluding hydrogens is 330 g/mol. The van der Waals surface area contributed by atoms with Gasteiger partial charge in [0, 0.05) is 13.5 Å². The van der Waals surface area contributed by atoms with E-state index >= 15 is 0 Å². The average molecular weight is 355 g/mol. The molecule has 5 heteroatoms. The molecule has 0 heterocycles. The highest BCUT2D eigenvalue weighted by molar-refractivity contribution is 5.80. The third-order valence-corrected chi connectivity index (χ3v) is 3.90.